The van der Waals surface area contributed by atoms with Gasteiger partial charge in [-0.3, -0.25) is 4.79 Å². The second kappa shape index (κ2) is 7.75. The number of cyclic esters (lactones) is 1. The molecule has 0 radical (unpaired) electrons. The minimum Gasteiger partial charge on any atom is -0.462 e. The highest BCUT2D eigenvalue weighted by molar-refractivity contribution is 5.73. The zero-order valence-electron chi connectivity index (χ0n) is 13.6. The van der Waals surface area contributed by atoms with E-state index < -0.39 is 12.0 Å². The molecule has 1 aromatic rings. The lowest BCUT2D eigenvalue weighted by Crippen LogP contribution is -2.45. The standard InChI is InChI=1S/C18H26O4/c1-4-16(21-11-14-8-6-5-7-9-14)13(3)17-10-15(19)12(2)18(20)22-17/h5-9,12-13,15-17,19H,4,10-11H2,1-3H3/t12?,13-,15+,16+,17-/m0/s1. The van der Waals surface area contributed by atoms with Gasteiger partial charge in [0.15, 0.2) is 0 Å². The zero-order valence-corrected chi connectivity index (χ0v) is 13.6. The van der Waals surface area contributed by atoms with Gasteiger partial charge in [-0.25, -0.2) is 0 Å². The van der Waals surface area contributed by atoms with Gasteiger partial charge >= 0.3 is 5.97 Å². The molecule has 1 aliphatic heterocycles. The van der Waals surface area contributed by atoms with Crippen molar-refractivity contribution in [1.29, 1.82) is 0 Å². The van der Waals surface area contributed by atoms with Gasteiger partial charge in [-0.2, -0.15) is 0 Å². The molecule has 2 rings (SSSR count). The summed E-state index contributed by atoms with van der Waals surface area (Å²) in [6, 6.07) is 10.0. The Morgan fingerprint density at radius 2 is 2.05 bits per heavy atom. The second-order valence-corrected chi connectivity index (χ2v) is 6.17. The minimum atomic E-state index is -0.625. The van der Waals surface area contributed by atoms with E-state index in [0.29, 0.717) is 13.0 Å². The normalized spacial score (nSPS) is 28.0. The van der Waals surface area contributed by atoms with E-state index >= 15 is 0 Å². The predicted octanol–water partition coefficient (Wildman–Crippen LogP) is 2.93. The van der Waals surface area contributed by atoms with E-state index in [9.17, 15) is 9.90 Å². The Bertz CT molecular complexity index is 473. The van der Waals surface area contributed by atoms with Crippen molar-refractivity contribution < 1.29 is 19.4 Å². The molecule has 0 spiro atoms. The van der Waals surface area contributed by atoms with Crippen LogP contribution in [0.1, 0.15) is 39.2 Å². The van der Waals surface area contributed by atoms with Gasteiger partial charge in [0.2, 0.25) is 0 Å². The van der Waals surface area contributed by atoms with Gasteiger partial charge in [0.25, 0.3) is 0 Å². The minimum absolute atomic E-state index is 0.00128. The van der Waals surface area contributed by atoms with E-state index in [1.165, 1.54) is 0 Å². The molecule has 0 amide bonds. The highest BCUT2D eigenvalue weighted by atomic mass is 16.6. The number of carbonyl (C=O) groups is 1. The third kappa shape index (κ3) is 4.08. The molecule has 4 nitrogen and oxygen atoms in total. The SMILES string of the molecule is CC[C@@H](OCc1ccccc1)[C@H](C)[C@@H]1C[C@@H](O)C(C)C(=O)O1. The number of esters is 1. The van der Waals surface area contributed by atoms with Crippen LogP contribution in [0.2, 0.25) is 0 Å². The Hall–Kier alpha value is -1.39. The molecule has 0 saturated carbocycles. The van der Waals surface area contributed by atoms with E-state index in [4.69, 9.17) is 9.47 Å². The van der Waals surface area contributed by atoms with Crippen LogP contribution >= 0.6 is 0 Å². The first-order valence-corrected chi connectivity index (χ1v) is 8.07. The Morgan fingerprint density at radius 3 is 2.64 bits per heavy atom. The quantitative estimate of drug-likeness (QED) is 0.821. The predicted molar refractivity (Wildman–Crippen MR) is 84.1 cm³/mol. The van der Waals surface area contributed by atoms with Crippen molar-refractivity contribution in [3.8, 4) is 0 Å². The number of ether oxygens (including phenoxy) is 2. The number of hydrogen-bond donors (Lipinski definition) is 1. The number of rotatable bonds is 6. The van der Waals surface area contributed by atoms with Crippen LogP contribution in [0, 0.1) is 11.8 Å². The zero-order chi connectivity index (χ0) is 16.1. The van der Waals surface area contributed by atoms with Crippen molar-refractivity contribution in [1.82, 2.24) is 0 Å². The first-order valence-electron chi connectivity index (χ1n) is 8.07. The van der Waals surface area contributed by atoms with Gasteiger partial charge in [0.1, 0.15) is 6.10 Å². The fourth-order valence-electron chi connectivity index (χ4n) is 2.88. The molecule has 1 saturated heterocycles. The van der Waals surface area contributed by atoms with Crippen molar-refractivity contribution in [2.24, 2.45) is 11.8 Å². The molecule has 22 heavy (non-hydrogen) atoms. The van der Waals surface area contributed by atoms with E-state index in [0.717, 1.165) is 12.0 Å². The molecule has 0 bridgehead atoms. The molecule has 1 fully saturated rings. The first-order chi connectivity index (χ1) is 10.5. The fourth-order valence-corrected chi connectivity index (χ4v) is 2.88. The fraction of sp³-hybridized carbons (Fsp3) is 0.611. The lowest BCUT2D eigenvalue weighted by Gasteiger charge is -2.36. The van der Waals surface area contributed by atoms with E-state index in [-0.39, 0.29) is 24.1 Å². The van der Waals surface area contributed by atoms with Crippen LogP contribution in [0.25, 0.3) is 0 Å². The summed E-state index contributed by atoms with van der Waals surface area (Å²) in [5, 5.41) is 9.99. The van der Waals surface area contributed by atoms with Crippen molar-refractivity contribution in [2.75, 3.05) is 0 Å². The maximum absolute atomic E-state index is 11.8. The summed E-state index contributed by atoms with van der Waals surface area (Å²) in [4.78, 5) is 11.8. The van der Waals surface area contributed by atoms with Gasteiger partial charge in [-0.05, 0) is 18.9 Å². The van der Waals surface area contributed by atoms with Gasteiger partial charge in [-0.15, -0.1) is 0 Å². The Labute approximate surface area is 132 Å². The van der Waals surface area contributed by atoms with E-state index in [1.54, 1.807) is 6.92 Å². The summed E-state index contributed by atoms with van der Waals surface area (Å²) in [6.07, 6.45) is 0.422. The molecule has 1 aliphatic rings. The number of aliphatic hydroxyl groups is 1. The highest BCUT2D eigenvalue weighted by Gasteiger charge is 2.38. The second-order valence-electron chi connectivity index (χ2n) is 6.17. The summed E-state index contributed by atoms with van der Waals surface area (Å²) in [5.74, 6) is -0.693. The van der Waals surface area contributed by atoms with Crippen LogP contribution in [0.5, 0.6) is 0 Å². The average molecular weight is 306 g/mol. The molecule has 122 valence electrons. The molecule has 1 aromatic carbocycles. The van der Waals surface area contributed by atoms with Crippen LogP contribution in [0.3, 0.4) is 0 Å². The van der Waals surface area contributed by atoms with Gasteiger partial charge in [0.05, 0.1) is 24.7 Å². The van der Waals surface area contributed by atoms with Crippen molar-refractivity contribution in [3.05, 3.63) is 35.9 Å². The molecule has 1 unspecified atom stereocenters. The van der Waals surface area contributed by atoms with Crippen LogP contribution in [-0.4, -0.2) is 29.4 Å². The summed E-state index contributed by atoms with van der Waals surface area (Å²) >= 11 is 0. The van der Waals surface area contributed by atoms with Crippen molar-refractivity contribution in [2.45, 2.75) is 58.5 Å². The topological polar surface area (TPSA) is 55.8 Å². The van der Waals surface area contributed by atoms with E-state index in [1.807, 2.05) is 37.3 Å². The van der Waals surface area contributed by atoms with Crippen LogP contribution in [0.15, 0.2) is 30.3 Å². The number of benzene rings is 1. The molecule has 5 atom stereocenters. The first kappa shape index (κ1) is 17.0. The largest absolute Gasteiger partial charge is 0.462 e. The lowest BCUT2D eigenvalue weighted by molar-refractivity contribution is -0.177. The highest BCUT2D eigenvalue weighted by Crippen LogP contribution is 2.29. The van der Waals surface area contributed by atoms with Gasteiger partial charge < -0.3 is 14.6 Å². The molecule has 4 heteroatoms. The smallest absolute Gasteiger partial charge is 0.311 e. The number of hydrogen-bond acceptors (Lipinski definition) is 4. The van der Waals surface area contributed by atoms with Crippen LogP contribution in [0.4, 0.5) is 0 Å². The summed E-state index contributed by atoms with van der Waals surface area (Å²) in [6.45, 7) is 6.34. The van der Waals surface area contributed by atoms with E-state index in [2.05, 4.69) is 6.92 Å². The molecule has 1 N–H and O–H groups in total. The maximum Gasteiger partial charge on any atom is 0.311 e. The summed E-state index contributed by atoms with van der Waals surface area (Å²) in [5.41, 5.74) is 1.13. The van der Waals surface area contributed by atoms with Gasteiger partial charge in [-0.1, -0.05) is 44.2 Å². The van der Waals surface area contributed by atoms with Crippen molar-refractivity contribution in [3.63, 3.8) is 0 Å². The number of carbonyl (C=O) groups excluding carboxylic acids is 1. The lowest BCUT2D eigenvalue weighted by atomic mass is 9.87. The van der Waals surface area contributed by atoms with Crippen LogP contribution < -0.4 is 0 Å². The molecule has 1 heterocycles. The molecule has 0 aromatic heterocycles. The van der Waals surface area contributed by atoms with Crippen molar-refractivity contribution >= 4 is 5.97 Å². The average Bonchev–Trinajstić information content (AvgIpc) is 2.53. The number of aliphatic hydroxyl groups excluding tert-OH is 1. The third-order valence-corrected chi connectivity index (χ3v) is 4.57. The summed E-state index contributed by atoms with van der Waals surface area (Å²) < 4.78 is 11.5. The molecular formula is C18H26O4. The Morgan fingerprint density at radius 1 is 1.36 bits per heavy atom. The molecular weight excluding hydrogens is 280 g/mol. The Kier molecular flexibility index (Phi) is 5.98. The monoisotopic (exact) mass is 306 g/mol. The summed E-state index contributed by atoms with van der Waals surface area (Å²) in [7, 11) is 0. The Balaban J connectivity index is 1.93. The maximum atomic E-state index is 11.8. The van der Waals surface area contributed by atoms with Gasteiger partial charge in [0, 0.05) is 12.3 Å². The molecule has 0 aliphatic carbocycles. The third-order valence-electron chi connectivity index (χ3n) is 4.57. The van der Waals surface area contributed by atoms with Crippen LogP contribution in [-0.2, 0) is 20.9 Å².